The number of unbranched alkanes of at least 4 members (excludes halogenated alkanes) is 7. The van der Waals surface area contributed by atoms with Gasteiger partial charge in [0.15, 0.2) is 0 Å². The number of benzene rings is 2. The van der Waals surface area contributed by atoms with Crippen molar-refractivity contribution in [2.75, 3.05) is 13.2 Å². The van der Waals surface area contributed by atoms with Crippen LogP contribution in [0.25, 0.3) is 0 Å². The van der Waals surface area contributed by atoms with Gasteiger partial charge in [0.25, 0.3) is 0 Å². The average Bonchev–Trinajstić information content (AvgIpc) is 2.97. The molecule has 2 rings (SSSR count). The molecule has 0 heterocycles. The molecule has 49 heavy (non-hydrogen) atoms. The second kappa shape index (κ2) is 25.1. The van der Waals surface area contributed by atoms with Gasteiger partial charge in [-0.15, -0.1) is 12.4 Å². The molecule has 0 saturated heterocycles. The van der Waals surface area contributed by atoms with Crippen molar-refractivity contribution >= 4 is 45.0 Å². The molecular formula is C31H44ClNNa2O12S2. The third-order valence-electron chi connectivity index (χ3n) is 7.51. The fraction of sp³-hybridized carbons (Fsp3) is 0.548. The molecule has 2 N–H and O–H groups in total. The van der Waals surface area contributed by atoms with E-state index in [1.807, 2.05) is 6.92 Å². The van der Waals surface area contributed by atoms with Crippen LogP contribution >= 0.6 is 12.4 Å². The fourth-order valence-electron chi connectivity index (χ4n) is 4.77. The van der Waals surface area contributed by atoms with Gasteiger partial charge < -0.3 is 33.8 Å². The van der Waals surface area contributed by atoms with E-state index in [-0.39, 0.29) is 109 Å². The zero-order chi connectivity index (χ0) is 34.2. The normalized spacial score (nSPS) is 12.9. The SMILES string of the molecule is CCCCCCCCCCC(CCOC(=O)Oc1ccc(S(=O)(=O)[O-])cc1)C(C)(N)CCOC(=O)Oc1ccc(S(=O)(=O)[O-])cc1.Cl.[Na+].[Na+]. The Kier molecular flexibility index (Phi) is 25.7. The maximum absolute atomic E-state index is 12.2. The Labute approximate surface area is 340 Å². The van der Waals surface area contributed by atoms with Gasteiger partial charge in [0.2, 0.25) is 0 Å². The van der Waals surface area contributed by atoms with E-state index in [0.29, 0.717) is 6.42 Å². The molecule has 0 spiro atoms. The largest absolute Gasteiger partial charge is 1.00 e. The van der Waals surface area contributed by atoms with E-state index < -0.39 is 47.9 Å². The number of rotatable bonds is 20. The summed E-state index contributed by atoms with van der Waals surface area (Å²) in [5.41, 5.74) is 5.86. The van der Waals surface area contributed by atoms with E-state index in [4.69, 9.17) is 24.7 Å². The zero-order valence-corrected chi connectivity index (χ0v) is 35.0. The molecule has 2 unspecified atom stereocenters. The molecule has 0 fully saturated rings. The monoisotopic (exact) mass is 767 g/mol. The molecule has 2 aromatic rings. The summed E-state index contributed by atoms with van der Waals surface area (Å²) in [4.78, 5) is 23.5. The Morgan fingerprint density at radius 1 is 0.694 bits per heavy atom. The first kappa shape index (κ1) is 50.2. The summed E-state index contributed by atoms with van der Waals surface area (Å²) in [6.07, 6.45) is 8.40. The van der Waals surface area contributed by atoms with Gasteiger partial charge in [-0.3, -0.25) is 0 Å². The predicted octanol–water partition coefficient (Wildman–Crippen LogP) is 0.300. The van der Waals surface area contributed by atoms with Gasteiger partial charge in [0, 0.05) is 5.54 Å². The Bertz CT molecular complexity index is 1460. The van der Waals surface area contributed by atoms with Crippen LogP contribution in [0.2, 0.25) is 0 Å². The van der Waals surface area contributed by atoms with Crippen molar-refractivity contribution in [2.24, 2.45) is 11.7 Å². The van der Waals surface area contributed by atoms with Gasteiger partial charge in [-0.1, -0.05) is 58.3 Å². The molecule has 0 aromatic heterocycles. The molecule has 0 bridgehead atoms. The third-order valence-corrected chi connectivity index (χ3v) is 9.21. The smallest absolute Gasteiger partial charge is 0.744 e. The average molecular weight is 768 g/mol. The topological polar surface area (TPSA) is 211 Å². The minimum atomic E-state index is -4.63. The van der Waals surface area contributed by atoms with Crippen LogP contribution in [0.1, 0.15) is 84.5 Å². The van der Waals surface area contributed by atoms with E-state index in [1.165, 1.54) is 37.8 Å². The first-order chi connectivity index (χ1) is 21.6. The van der Waals surface area contributed by atoms with Crippen LogP contribution in [-0.2, 0) is 29.7 Å². The Balaban J connectivity index is 0. The number of halogens is 1. The van der Waals surface area contributed by atoms with Crippen LogP contribution in [0, 0.1) is 5.92 Å². The summed E-state index contributed by atoms with van der Waals surface area (Å²) in [7, 11) is -9.26. The van der Waals surface area contributed by atoms with Gasteiger partial charge >= 0.3 is 71.4 Å². The van der Waals surface area contributed by atoms with Crippen molar-refractivity contribution < 1.29 is 114 Å². The van der Waals surface area contributed by atoms with Crippen LogP contribution in [0.3, 0.4) is 0 Å². The first-order valence-electron chi connectivity index (χ1n) is 15.2. The molecule has 0 aliphatic rings. The second-order valence-corrected chi connectivity index (χ2v) is 14.0. The zero-order valence-electron chi connectivity index (χ0n) is 28.6. The predicted molar refractivity (Wildman–Crippen MR) is 173 cm³/mol. The number of hydrogen-bond acceptors (Lipinski definition) is 13. The summed E-state index contributed by atoms with van der Waals surface area (Å²) in [5, 5.41) is 0. The summed E-state index contributed by atoms with van der Waals surface area (Å²) >= 11 is 0. The van der Waals surface area contributed by atoms with E-state index in [0.717, 1.165) is 68.5 Å². The third kappa shape index (κ3) is 20.6. The molecule has 0 amide bonds. The second-order valence-electron chi connectivity index (χ2n) is 11.3. The minimum absolute atomic E-state index is 0. The van der Waals surface area contributed by atoms with Crippen LogP contribution in [0.4, 0.5) is 9.59 Å². The maximum Gasteiger partial charge on any atom is 1.00 e. The molecule has 0 radical (unpaired) electrons. The van der Waals surface area contributed by atoms with Crippen molar-refractivity contribution in [2.45, 2.75) is 99.8 Å². The molecule has 2 aromatic carbocycles. The molecule has 0 saturated carbocycles. The molecular weight excluding hydrogens is 724 g/mol. The summed E-state index contributed by atoms with van der Waals surface area (Å²) in [6.45, 7) is 3.90. The van der Waals surface area contributed by atoms with Crippen LogP contribution in [-0.4, -0.2) is 57.0 Å². The maximum atomic E-state index is 12.2. The van der Waals surface area contributed by atoms with Crippen molar-refractivity contribution in [1.82, 2.24) is 0 Å². The van der Waals surface area contributed by atoms with E-state index in [2.05, 4.69) is 6.92 Å². The quantitative estimate of drug-likeness (QED) is 0.0633. The molecule has 266 valence electrons. The van der Waals surface area contributed by atoms with Crippen molar-refractivity contribution in [3.8, 4) is 11.5 Å². The van der Waals surface area contributed by atoms with Crippen LogP contribution in [0.15, 0.2) is 58.3 Å². The summed E-state index contributed by atoms with van der Waals surface area (Å²) in [6, 6.07) is 8.77. The number of nitrogens with two attached hydrogens (primary N) is 1. The summed E-state index contributed by atoms with van der Waals surface area (Å²) < 4.78 is 86.9. The molecule has 18 heteroatoms. The standard InChI is InChI=1S/C31H45NO12S2.ClH.2Na/c1-3-4-5-6-7-8-9-10-11-24(20-22-41-29(33)43-25-12-16-27(17-13-25)45(35,36)37)31(2,32)21-23-42-30(34)44-26-14-18-28(19-15-26)46(38,39)40;;;/h12-19,24H,3-11,20-23,32H2,1-2H3,(H,35,36,37)(H,38,39,40);1H;;/q;;2*+1/p-2. The molecule has 0 aliphatic heterocycles. The van der Waals surface area contributed by atoms with E-state index in [1.54, 1.807) is 0 Å². The van der Waals surface area contributed by atoms with Crippen molar-refractivity contribution in [3.63, 3.8) is 0 Å². The van der Waals surface area contributed by atoms with Crippen molar-refractivity contribution in [3.05, 3.63) is 48.5 Å². The number of ether oxygens (including phenoxy) is 4. The first-order valence-corrected chi connectivity index (χ1v) is 18.0. The van der Waals surface area contributed by atoms with Crippen molar-refractivity contribution in [1.29, 1.82) is 0 Å². The van der Waals surface area contributed by atoms with Gasteiger partial charge in [-0.25, -0.2) is 26.4 Å². The minimum Gasteiger partial charge on any atom is -0.744 e. The number of carbonyl (C=O) groups is 2. The Morgan fingerprint density at radius 3 is 1.49 bits per heavy atom. The van der Waals surface area contributed by atoms with Crippen LogP contribution < -0.4 is 74.3 Å². The Morgan fingerprint density at radius 2 is 1.08 bits per heavy atom. The van der Waals surface area contributed by atoms with Gasteiger partial charge in [-0.05, 0) is 80.6 Å². The van der Waals surface area contributed by atoms with Crippen LogP contribution in [0.5, 0.6) is 11.5 Å². The van der Waals surface area contributed by atoms with Gasteiger partial charge in [0.05, 0.1) is 23.0 Å². The van der Waals surface area contributed by atoms with Gasteiger partial charge in [-0.2, -0.15) is 0 Å². The van der Waals surface area contributed by atoms with E-state index >= 15 is 0 Å². The molecule has 0 aliphatic carbocycles. The number of carbonyl (C=O) groups excluding carboxylic acids is 2. The van der Waals surface area contributed by atoms with Gasteiger partial charge in [0.1, 0.15) is 31.7 Å². The number of hydrogen-bond donors (Lipinski definition) is 1. The fourth-order valence-corrected chi connectivity index (χ4v) is 5.71. The summed E-state index contributed by atoms with van der Waals surface area (Å²) in [5.74, 6) is -0.119. The molecule has 13 nitrogen and oxygen atoms in total. The van der Waals surface area contributed by atoms with E-state index in [9.17, 15) is 35.5 Å². The molecule has 2 atom stereocenters. The Hall–Kier alpha value is -0.950.